The summed E-state index contributed by atoms with van der Waals surface area (Å²) in [4.78, 5) is 27.4. The lowest BCUT2D eigenvalue weighted by Gasteiger charge is -2.09. The molecule has 3 rings (SSSR count). The van der Waals surface area contributed by atoms with Crippen LogP contribution in [0.15, 0.2) is 60.8 Å². The number of benzene rings is 2. The molecule has 0 aliphatic carbocycles. The van der Waals surface area contributed by atoms with Crippen molar-refractivity contribution in [2.45, 2.75) is 0 Å². The minimum Gasteiger partial charge on any atom is -0.484 e. The van der Waals surface area contributed by atoms with E-state index in [0.717, 1.165) is 10.9 Å². The van der Waals surface area contributed by atoms with Gasteiger partial charge in [-0.05, 0) is 36.4 Å². The van der Waals surface area contributed by atoms with Gasteiger partial charge in [-0.1, -0.05) is 18.2 Å². The molecule has 0 spiro atoms. The number of anilines is 1. The van der Waals surface area contributed by atoms with Crippen LogP contribution in [0.3, 0.4) is 0 Å². The number of nitrogens with one attached hydrogen (secondary N) is 1. The van der Waals surface area contributed by atoms with Crippen molar-refractivity contribution in [1.82, 2.24) is 4.98 Å². The zero-order chi connectivity index (χ0) is 16.9. The van der Waals surface area contributed by atoms with Gasteiger partial charge in [0.1, 0.15) is 5.75 Å². The molecule has 6 nitrogen and oxygen atoms in total. The molecule has 0 atom stereocenters. The summed E-state index contributed by atoms with van der Waals surface area (Å²) in [6.45, 7) is -0.186. The SMILES string of the molecule is NC(=O)COc1ccc(NC(=O)c2ccnc3ccccc23)cc1. The summed E-state index contributed by atoms with van der Waals surface area (Å²) in [6.07, 6.45) is 1.61. The zero-order valence-electron chi connectivity index (χ0n) is 12.7. The number of primary amides is 1. The third kappa shape index (κ3) is 3.49. The monoisotopic (exact) mass is 321 g/mol. The highest BCUT2D eigenvalue weighted by molar-refractivity contribution is 6.12. The van der Waals surface area contributed by atoms with E-state index < -0.39 is 5.91 Å². The number of carbonyl (C=O) groups is 2. The molecule has 6 heteroatoms. The van der Waals surface area contributed by atoms with Gasteiger partial charge in [-0.25, -0.2) is 0 Å². The summed E-state index contributed by atoms with van der Waals surface area (Å²) in [7, 11) is 0. The van der Waals surface area contributed by atoms with E-state index in [2.05, 4.69) is 10.3 Å². The minimum atomic E-state index is -0.544. The van der Waals surface area contributed by atoms with Crippen LogP contribution in [0.25, 0.3) is 10.9 Å². The number of hydrogen-bond acceptors (Lipinski definition) is 4. The third-order valence-corrected chi connectivity index (χ3v) is 3.39. The molecule has 1 heterocycles. The van der Waals surface area contributed by atoms with Gasteiger partial charge in [-0.15, -0.1) is 0 Å². The Kier molecular flexibility index (Phi) is 4.38. The number of carbonyl (C=O) groups excluding carboxylic acids is 2. The van der Waals surface area contributed by atoms with Crippen molar-refractivity contribution in [2.24, 2.45) is 5.73 Å². The van der Waals surface area contributed by atoms with E-state index in [4.69, 9.17) is 10.5 Å². The van der Waals surface area contributed by atoms with E-state index in [1.807, 2.05) is 24.3 Å². The Hall–Kier alpha value is -3.41. The van der Waals surface area contributed by atoms with Crippen molar-refractivity contribution in [3.8, 4) is 5.75 Å². The second-order valence-corrected chi connectivity index (χ2v) is 5.11. The van der Waals surface area contributed by atoms with Gasteiger partial charge in [0.15, 0.2) is 6.61 Å². The van der Waals surface area contributed by atoms with Gasteiger partial charge in [0.05, 0.1) is 11.1 Å². The van der Waals surface area contributed by atoms with Crippen molar-refractivity contribution in [3.05, 3.63) is 66.4 Å². The normalized spacial score (nSPS) is 10.3. The van der Waals surface area contributed by atoms with Crippen LogP contribution in [0.1, 0.15) is 10.4 Å². The van der Waals surface area contributed by atoms with Gasteiger partial charge < -0.3 is 15.8 Å². The van der Waals surface area contributed by atoms with Gasteiger partial charge >= 0.3 is 0 Å². The highest BCUT2D eigenvalue weighted by atomic mass is 16.5. The Labute approximate surface area is 138 Å². The van der Waals surface area contributed by atoms with E-state index in [1.165, 1.54) is 0 Å². The predicted molar refractivity (Wildman–Crippen MR) is 90.8 cm³/mol. The summed E-state index contributed by atoms with van der Waals surface area (Å²) in [5, 5.41) is 3.62. The molecule has 0 bridgehead atoms. The van der Waals surface area contributed by atoms with Crippen LogP contribution in [0.2, 0.25) is 0 Å². The molecule has 120 valence electrons. The molecule has 0 unspecified atom stereocenters. The zero-order valence-corrected chi connectivity index (χ0v) is 12.7. The Morgan fingerprint density at radius 1 is 1.04 bits per heavy atom. The fourth-order valence-corrected chi connectivity index (χ4v) is 2.28. The predicted octanol–water partition coefficient (Wildman–Crippen LogP) is 2.35. The maximum absolute atomic E-state index is 12.5. The maximum Gasteiger partial charge on any atom is 0.256 e. The molecule has 24 heavy (non-hydrogen) atoms. The fourth-order valence-electron chi connectivity index (χ4n) is 2.28. The quantitative estimate of drug-likeness (QED) is 0.754. The summed E-state index contributed by atoms with van der Waals surface area (Å²) < 4.78 is 5.17. The Bertz CT molecular complexity index is 886. The fraction of sp³-hybridized carbons (Fsp3) is 0.0556. The molecule has 0 saturated heterocycles. The molecule has 0 aliphatic rings. The highest BCUT2D eigenvalue weighted by Gasteiger charge is 2.10. The van der Waals surface area contributed by atoms with Crippen molar-refractivity contribution in [1.29, 1.82) is 0 Å². The van der Waals surface area contributed by atoms with Gasteiger partial charge in [0, 0.05) is 17.3 Å². The first-order chi connectivity index (χ1) is 11.6. The molecule has 0 saturated carbocycles. The molecule has 1 aromatic heterocycles. The first kappa shape index (κ1) is 15.5. The summed E-state index contributed by atoms with van der Waals surface area (Å²) in [5.74, 6) is -0.266. The van der Waals surface area contributed by atoms with Crippen LogP contribution >= 0.6 is 0 Å². The van der Waals surface area contributed by atoms with E-state index in [0.29, 0.717) is 17.0 Å². The van der Waals surface area contributed by atoms with Gasteiger partial charge in [-0.2, -0.15) is 0 Å². The lowest BCUT2D eigenvalue weighted by Crippen LogP contribution is -2.20. The summed E-state index contributed by atoms with van der Waals surface area (Å²) in [6, 6.07) is 15.8. The van der Waals surface area contributed by atoms with Crippen molar-refractivity contribution >= 4 is 28.4 Å². The minimum absolute atomic E-state index is 0.186. The van der Waals surface area contributed by atoms with Gasteiger partial charge in [0.25, 0.3) is 11.8 Å². The molecule has 0 fully saturated rings. The Morgan fingerprint density at radius 2 is 1.79 bits per heavy atom. The third-order valence-electron chi connectivity index (χ3n) is 3.39. The molecular weight excluding hydrogens is 306 g/mol. The average molecular weight is 321 g/mol. The lowest BCUT2D eigenvalue weighted by atomic mass is 10.1. The number of aromatic nitrogens is 1. The lowest BCUT2D eigenvalue weighted by molar-refractivity contribution is -0.119. The summed E-state index contributed by atoms with van der Waals surface area (Å²) in [5.41, 5.74) is 6.95. The number of para-hydroxylation sites is 1. The van der Waals surface area contributed by atoms with Crippen LogP contribution in [-0.4, -0.2) is 23.4 Å². The van der Waals surface area contributed by atoms with Crippen LogP contribution in [0.5, 0.6) is 5.75 Å². The van der Waals surface area contributed by atoms with E-state index >= 15 is 0 Å². The molecule has 3 N–H and O–H groups in total. The smallest absolute Gasteiger partial charge is 0.256 e. The van der Waals surface area contributed by atoms with E-state index in [1.54, 1.807) is 36.5 Å². The van der Waals surface area contributed by atoms with Crippen LogP contribution < -0.4 is 15.8 Å². The van der Waals surface area contributed by atoms with Gasteiger partial charge in [0.2, 0.25) is 0 Å². The largest absolute Gasteiger partial charge is 0.484 e. The van der Waals surface area contributed by atoms with E-state index in [-0.39, 0.29) is 12.5 Å². The second kappa shape index (κ2) is 6.78. The Morgan fingerprint density at radius 3 is 2.54 bits per heavy atom. The van der Waals surface area contributed by atoms with Crippen molar-refractivity contribution in [3.63, 3.8) is 0 Å². The van der Waals surface area contributed by atoms with Crippen molar-refractivity contribution < 1.29 is 14.3 Å². The molecule has 2 aromatic carbocycles. The van der Waals surface area contributed by atoms with Gasteiger partial charge in [-0.3, -0.25) is 14.6 Å². The second-order valence-electron chi connectivity index (χ2n) is 5.11. The molecular formula is C18H15N3O3. The highest BCUT2D eigenvalue weighted by Crippen LogP contribution is 2.19. The topological polar surface area (TPSA) is 94.3 Å². The molecule has 3 aromatic rings. The molecule has 2 amide bonds. The number of ether oxygens (including phenoxy) is 1. The standard InChI is InChI=1S/C18H15N3O3/c19-17(22)11-24-13-7-5-12(6-8-13)21-18(23)15-9-10-20-16-4-2-1-3-14(15)16/h1-10H,11H2,(H2,19,22)(H,21,23). The number of pyridine rings is 1. The van der Waals surface area contributed by atoms with Crippen LogP contribution in [-0.2, 0) is 4.79 Å². The number of nitrogens with zero attached hydrogens (tertiary/aromatic N) is 1. The number of amides is 2. The first-order valence-corrected chi connectivity index (χ1v) is 7.30. The number of hydrogen-bond donors (Lipinski definition) is 2. The maximum atomic E-state index is 12.5. The van der Waals surface area contributed by atoms with Crippen LogP contribution in [0.4, 0.5) is 5.69 Å². The first-order valence-electron chi connectivity index (χ1n) is 7.30. The van der Waals surface area contributed by atoms with Crippen LogP contribution in [0, 0.1) is 0 Å². The number of fused-ring (bicyclic) bond motifs is 1. The van der Waals surface area contributed by atoms with E-state index in [9.17, 15) is 9.59 Å². The average Bonchev–Trinajstić information content (AvgIpc) is 2.60. The molecule has 0 radical (unpaired) electrons. The summed E-state index contributed by atoms with van der Waals surface area (Å²) >= 11 is 0. The molecule has 0 aliphatic heterocycles. The van der Waals surface area contributed by atoms with Crippen molar-refractivity contribution in [2.75, 3.05) is 11.9 Å². The number of rotatable bonds is 5. The number of nitrogens with two attached hydrogens (primary N) is 1. The Balaban J connectivity index is 1.75.